The zero-order valence-corrected chi connectivity index (χ0v) is 33.9. The van der Waals surface area contributed by atoms with Crippen LogP contribution in [-0.2, 0) is 40.4 Å². The fourth-order valence-corrected chi connectivity index (χ4v) is 10.2. The van der Waals surface area contributed by atoms with Crippen molar-refractivity contribution in [1.82, 2.24) is 14.6 Å². The van der Waals surface area contributed by atoms with E-state index in [0.717, 1.165) is 12.8 Å². The summed E-state index contributed by atoms with van der Waals surface area (Å²) < 4.78 is 69.2. The van der Waals surface area contributed by atoms with Crippen LogP contribution in [0.25, 0.3) is 10.9 Å². The van der Waals surface area contributed by atoms with Crippen LogP contribution in [0, 0.1) is 17.3 Å². The molecule has 3 fully saturated rings. The number of aryl methyl sites for hydroxylation is 1. The Morgan fingerprint density at radius 3 is 2.54 bits per heavy atom. The quantitative estimate of drug-likeness (QED) is 0.226. The normalized spacial score (nSPS) is 29.2. The van der Waals surface area contributed by atoms with Crippen molar-refractivity contribution in [2.45, 2.75) is 147 Å². The van der Waals surface area contributed by atoms with E-state index in [1.165, 1.54) is 4.90 Å². The molecule has 0 radical (unpaired) electrons. The van der Waals surface area contributed by atoms with E-state index >= 15 is 0 Å². The molecule has 1 spiro atoms. The molecule has 1 N–H and O–H groups in total. The average Bonchev–Trinajstić information content (AvgIpc) is 4.00. The summed E-state index contributed by atoms with van der Waals surface area (Å²) in [6.45, 7) is 6.66. The number of Topliss-reactive ketones (excluding diaryl/α,β-unsaturated/α-hetero) is 1. The highest BCUT2D eigenvalue weighted by atomic mass is 35.5. The summed E-state index contributed by atoms with van der Waals surface area (Å²) in [6.07, 6.45) is 5.09. The molecule has 1 aromatic carbocycles. The number of hydrogen-bond donors (Lipinski definition) is 1. The van der Waals surface area contributed by atoms with Gasteiger partial charge in [0.15, 0.2) is 11.5 Å². The van der Waals surface area contributed by atoms with E-state index < -0.39 is 85.0 Å². The number of hydrogen-bond acceptors (Lipinski definition) is 9. The first-order valence-corrected chi connectivity index (χ1v) is 21.5. The fourth-order valence-electron chi connectivity index (χ4n) is 8.73. The van der Waals surface area contributed by atoms with Crippen LogP contribution in [0.15, 0.2) is 30.4 Å². The number of carbonyl (C=O) groups is 4. The lowest BCUT2D eigenvalue weighted by atomic mass is 9.85. The summed E-state index contributed by atoms with van der Waals surface area (Å²) in [5, 5.41) is 0.968. The Morgan fingerprint density at radius 1 is 1.12 bits per heavy atom. The predicted molar refractivity (Wildman–Crippen MR) is 211 cm³/mol. The Morgan fingerprint density at radius 2 is 1.86 bits per heavy atom. The minimum Gasteiger partial charge on any atom is -0.483 e. The third-order valence-electron chi connectivity index (χ3n) is 12.3. The molecule has 2 saturated carbocycles. The van der Waals surface area contributed by atoms with Gasteiger partial charge in [-0.2, -0.15) is 0 Å². The maximum Gasteiger partial charge on any atom is 0.307 e. The number of esters is 1. The third kappa shape index (κ3) is 8.58. The van der Waals surface area contributed by atoms with Gasteiger partial charge in [-0.1, -0.05) is 44.0 Å². The van der Waals surface area contributed by atoms with Gasteiger partial charge in [0, 0.05) is 34.7 Å². The molecule has 2 aromatic rings. The average molecular weight is 834 g/mol. The maximum absolute atomic E-state index is 14.8. The molecule has 2 aliphatic carbocycles. The summed E-state index contributed by atoms with van der Waals surface area (Å²) in [4.78, 5) is 62.3. The monoisotopic (exact) mass is 833 g/mol. The van der Waals surface area contributed by atoms with Gasteiger partial charge in [-0.05, 0) is 103 Å². The van der Waals surface area contributed by atoms with Gasteiger partial charge in [-0.25, -0.2) is 22.2 Å². The molecule has 0 bridgehead atoms. The van der Waals surface area contributed by atoms with E-state index in [1.807, 2.05) is 12.2 Å². The molecule has 0 unspecified atom stereocenters. The summed E-state index contributed by atoms with van der Waals surface area (Å²) in [6, 6.07) is 3.67. The van der Waals surface area contributed by atoms with Gasteiger partial charge in [-0.15, -0.1) is 0 Å². The van der Waals surface area contributed by atoms with Crippen LogP contribution in [0.3, 0.4) is 0 Å². The number of carbonyl (C=O) groups excluding carboxylic acids is 4. The van der Waals surface area contributed by atoms with Crippen molar-refractivity contribution in [1.29, 1.82) is 0 Å². The highest BCUT2D eigenvalue weighted by molar-refractivity contribution is 7.91. The number of sulfonamides is 1. The number of nitrogens with zero attached hydrogens (tertiary/aromatic N) is 2. The number of amides is 2. The van der Waals surface area contributed by atoms with Gasteiger partial charge in [0.2, 0.25) is 21.8 Å². The first-order valence-electron chi connectivity index (χ1n) is 19.6. The second-order valence-electron chi connectivity index (χ2n) is 17.8. The number of aromatic nitrogens is 1. The van der Waals surface area contributed by atoms with Crippen LogP contribution >= 0.6 is 11.6 Å². The molecule has 11 nitrogen and oxygen atoms in total. The van der Waals surface area contributed by atoms with Crippen molar-refractivity contribution < 1.29 is 45.9 Å². The van der Waals surface area contributed by atoms with Crippen molar-refractivity contribution in [3.8, 4) is 5.75 Å². The topological polar surface area (TPSA) is 149 Å². The molecule has 1 saturated heterocycles. The van der Waals surface area contributed by atoms with Gasteiger partial charge in [-0.3, -0.25) is 23.9 Å². The van der Waals surface area contributed by atoms with Gasteiger partial charge >= 0.3 is 5.97 Å². The molecule has 7 rings (SSSR count). The number of pyridine rings is 1. The van der Waals surface area contributed by atoms with E-state index in [9.17, 15) is 36.4 Å². The van der Waals surface area contributed by atoms with Crippen LogP contribution in [-0.4, -0.2) is 70.4 Å². The molecule has 312 valence electrons. The number of allylic oxidation sites excluding steroid dienone is 2. The Kier molecular flexibility index (Phi) is 11.7. The molecule has 2 amide bonds. The highest BCUT2D eigenvalue weighted by Crippen LogP contribution is 2.58. The summed E-state index contributed by atoms with van der Waals surface area (Å²) in [5.41, 5.74) is -3.12. The highest BCUT2D eigenvalue weighted by Gasteiger charge is 2.63. The molecule has 5 atom stereocenters. The SMILES string of the molecule is C.CC(C)(C)OC(=O)C[C@H]1CCCCC/C=C\[C@@H]2C[C@@]2(C(=O)NS(=O)(=O)C2(C)CC2)CC(=O)[C@@H]2C[C@]3(CCc4c(c(C(F)F)nc5ccc(Cl)cc45)O3)CN2C1=O. The molecule has 3 aliphatic heterocycles. The number of ether oxygens (including phenoxy) is 2. The molecular formula is C42H54ClF2N3O8S. The first kappa shape index (κ1) is 42.9. The number of benzene rings is 1. The van der Waals surface area contributed by atoms with E-state index in [2.05, 4.69) is 9.71 Å². The molecule has 4 heterocycles. The molecule has 5 aliphatic rings. The predicted octanol–water partition coefficient (Wildman–Crippen LogP) is 7.96. The number of alkyl halides is 2. The Labute approximate surface area is 338 Å². The Balaban J connectivity index is 0.00000549. The number of fused-ring (bicyclic) bond motifs is 5. The van der Waals surface area contributed by atoms with Crippen molar-refractivity contribution in [3.05, 3.63) is 46.6 Å². The number of halogens is 3. The van der Waals surface area contributed by atoms with Crippen molar-refractivity contribution >= 4 is 56.1 Å². The zero-order valence-electron chi connectivity index (χ0n) is 32.3. The zero-order chi connectivity index (χ0) is 40.4. The van der Waals surface area contributed by atoms with Crippen LogP contribution in [0.1, 0.15) is 130 Å². The van der Waals surface area contributed by atoms with Gasteiger partial charge in [0.1, 0.15) is 16.9 Å². The lowest BCUT2D eigenvalue weighted by molar-refractivity contribution is -0.159. The second-order valence-corrected chi connectivity index (χ2v) is 20.4. The largest absolute Gasteiger partial charge is 0.483 e. The first-order chi connectivity index (χ1) is 26.3. The van der Waals surface area contributed by atoms with Gasteiger partial charge < -0.3 is 14.4 Å². The molecule has 57 heavy (non-hydrogen) atoms. The lowest BCUT2D eigenvalue weighted by Gasteiger charge is -2.37. The van der Waals surface area contributed by atoms with Crippen LogP contribution < -0.4 is 9.46 Å². The molecular weight excluding hydrogens is 780 g/mol. The van der Waals surface area contributed by atoms with Crippen LogP contribution in [0.2, 0.25) is 5.02 Å². The molecule has 15 heteroatoms. The number of ketones is 1. The summed E-state index contributed by atoms with van der Waals surface area (Å²) in [7, 11) is -4.01. The minimum atomic E-state index is -4.01. The Hall–Kier alpha value is -3.65. The van der Waals surface area contributed by atoms with Gasteiger partial charge in [0.25, 0.3) is 6.43 Å². The second kappa shape index (κ2) is 15.5. The molecule has 1 aromatic heterocycles. The summed E-state index contributed by atoms with van der Waals surface area (Å²) in [5.74, 6) is -3.56. The van der Waals surface area contributed by atoms with E-state index in [1.54, 1.807) is 45.9 Å². The summed E-state index contributed by atoms with van der Waals surface area (Å²) >= 11 is 6.31. The number of nitrogens with one attached hydrogen (secondary N) is 1. The fraction of sp³-hybridized carbons (Fsp3) is 0.643. The number of rotatable bonds is 6. The van der Waals surface area contributed by atoms with E-state index in [0.29, 0.717) is 53.6 Å². The van der Waals surface area contributed by atoms with Crippen LogP contribution in [0.4, 0.5) is 8.78 Å². The van der Waals surface area contributed by atoms with Gasteiger partial charge in [0.05, 0.1) is 34.7 Å². The Bertz CT molecular complexity index is 2100. The van der Waals surface area contributed by atoms with Crippen molar-refractivity contribution in [2.24, 2.45) is 17.3 Å². The minimum absolute atomic E-state index is 0. The van der Waals surface area contributed by atoms with E-state index in [-0.39, 0.29) is 58.2 Å². The van der Waals surface area contributed by atoms with Crippen molar-refractivity contribution in [3.63, 3.8) is 0 Å². The smallest absolute Gasteiger partial charge is 0.307 e. The van der Waals surface area contributed by atoms with Crippen molar-refractivity contribution in [2.75, 3.05) is 6.54 Å². The van der Waals surface area contributed by atoms with E-state index in [4.69, 9.17) is 21.1 Å². The standard InChI is InChI=1S/C41H50ClF2N3O8S.CH4/c1-38(2,3)54-32(49)18-24-10-8-6-5-7-9-11-25-20-41(25,37(51)46-56(52,53)39(4)16-17-39)22-31(48)30-21-40(23-47(30)36(24)50)15-14-27-28-19-26(42)12-13-29(28)45-33(35(43)44)34(27)55-40;/h9,11-13,19,24-25,30,35H,5-8,10,14-18,20-23H2,1-4H3,(H,46,51);1H4/b11-9-;/t24-,25-,30+,40-,41-;/m1./s1. The maximum atomic E-state index is 14.8. The third-order valence-corrected chi connectivity index (χ3v) is 14.7. The van der Waals surface area contributed by atoms with Crippen LogP contribution in [0.5, 0.6) is 5.75 Å². The lowest BCUT2D eigenvalue weighted by Crippen LogP contribution is -2.48.